The molecule has 4 bridgehead atoms. The van der Waals surface area contributed by atoms with Gasteiger partial charge in [-0.1, -0.05) is 62.4 Å². The van der Waals surface area contributed by atoms with Gasteiger partial charge < -0.3 is 20.4 Å². The SMILES string of the molecule is CC12CC3(C)CC(c4ccc(O)cc4)(C1)C(c1ccc(O)cc1)(c1ccc(O)cc1)C(c1ccc(O)cc1)(C2)C3. The minimum absolute atomic E-state index is 0.0678. The molecule has 4 aromatic rings. The fourth-order valence-electron chi connectivity index (χ4n) is 10.5. The minimum atomic E-state index is -0.575. The fraction of sp³-hybridized carbons (Fsp3) is 0.333. The molecule has 4 heteroatoms. The molecular weight excluding hydrogens is 496 g/mol. The summed E-state index contributed by atoms with van der Waals surface area (Å²) >= 11 is 0. The highest BCUT2D eigenvalue weighted by Gasteiger charge is 2.78. The lowest BCUT2D eigenvalue weighted by molar-refractivity contribution is -0.170. The van der Waals surface area contributed by atoms with Gasteiger partial charge in [0.05, 0.1) is 0 Å². The zero-order chi connectivity index (χ0) is 28.0. The predicted molar refractivity (Wildman–Crippen MR) is 156 cm³/mol. The van der Waals surface area contributed by atoms with Crippen LogP contribution < -0.4 is 0 Å². The zero-order valence-corrected chi connectivity index (χ0v) is 23.1. The predicted octanol–water partition coefficient (Wildman–Crippen LogP) is 7.68. The van der Waals surface area contributed by atoms with E-state index in [1.807, 2.05) is 24.3 Å². The van der Waals surface area contributed by atoms with Crippen molar-refractivity contribution in [2.24, 2.45) is 10.8 Å². The highest BCUT2D eigenvalue weighted by Crippen LogP contribution is 2.81. The highest BCUT2D eigenvalue weighted by molar-refractivity contribution is 5.61. The van der Waals surface area contributed by atoms with Crippen LogP contribution in [0.25, 0.3) is 0 Å². The van der Waals surface area contributed by atoms with Gasteiger partial charge in [-0.3, -0.25) is 0 Å². The number of rotatable bonds is 4. The smallest absolute Gasteiger partial charge is 0.115 e. The van der Waals surface area contributed by atoms with Crippen LogP contribution in [0.5, 0.6) is 23.0 Å². The summed E-state index contributed by atoms with van der Waals surface area (Å²) in [5.41, 5.74) is 3.50. The molecule has 4 fully saturated rings. The van der Waals surface area contributed by atoms with Crippen LogP contribution in [0.3, 0.4) is 0 Å². The van der Waals surface area contributed by atoms with Crippen molar-refractivity contribution >= 4 is 0 Å². The lowest BCUT2D eigenvalue weighted by Gasteiger charge is -2.78. The normalized spacial score (nSPS) is 31.8. The minimum Gasteiger partial charge on any atom is -0.508 e. The Kier molecular flexibility index (Phi) is 5.06. The molecule has 204 valence electrons. The van der Waals surface area contributed by atoms with Gasteiger partial charge in [-0.2, -0.15) is 0 Å². The van der Waals surface area contributed by atoms with Gasteiger partial charge in [-0.15, -0.1) is 0 Å². The summed E-state index contributed by atoms with van der Waals surface area (Å²) in [7, 11) is 0. The molecule has 0 saturated heterocycles. The lowest BCUT2D eigenvalue weighted by atomic mass is 9.24. The van der Waals surface area contributed by atoms with Crippen molar-refractivity contribution in [2.45, 2.75) is 62.2 Å². The standard InChI is InChI=1S/C36H36O4/c1-32-19-33(2)22-34(20-32,24-3-11-28(37)12-4-24)36(26-7-15-30(39)16-8-26,27-9-17-31(40)18-10-27)35(21-32,23-33)25-5-13-29(38)14-6-25/h3-18,37-40H,19-23H2,1-2H3. The third kappa shape index (κ3) is 3.19. The van der Waals surface area contributed by atoms with Crippen molar-refractivity contribution in [1.29, 1.82) is 0 Å². The maximum Gasteiger partial charge on any atom is 0.115 e. The first kappa shape index (κ1) is 25.1. The van der Waals surface area contributed by atoms with Gasteiger partial charge in [0.2, 0.25) is 0 Å². The van der Waals surface area contributed by atoms with Gasteiger partial charge in [0.1, 0.15) is 23.0 Å². The summed E-state index contributed by atoms with van der Waals surface area (Å²) in [5.74, 6) is 0.951. The maximum absolute atomic E-state index is 10.4. The molecule has 0 aromatic heterocycles. The second kappa shape index (κ2) is 8.06. The molecule has 40 heavy (non-hydrogen) atoms. The molecule has 4 saturated carbocycles. The first-order chi connectivity index (χ1) is 19.0. The van der Waals surface area contributed by atoms with E-state index in [1.165, 1.54) is 11.1 Å². The van der Waals surface area contributed by atoms with E-state index in [4.69, 9.17) is 0 Å². The number of aromatic hydroxyl groups is 4. The Morgan fingerprint density at radius 2 is 0.625 bits per heavy atom. The van der Waals surface area contributed by atoms with E-state index in [1.54, 1.807) is 24.3 Å². The van der Waals surface area contributed by atoms with Crippen molar-refractivity contribution in [1.82, 2.24) is 0 Å². The van der Waals surface area contributed by atoms with Gasteiger partial charge in [-0.05, 0) is 114 Å². The molecule has 8 rings (SSSR count). The number of hydrogen-bond donors (Lipinski definition) is 4. The van der Waals surface area contributed by atoms with Crippen LogP contribution in [0, 0.1) is 10.8 Å². The lowest BCUT2D eigenvalue weighted by Crippen LogP contribution is -2.76. The van der Waals surface area contributed by atoms with Crippen LogP contribution in [0.4, 0.5) is 0 Å². The number of phenols is 4. The van der Waals surface area contributed by atoms with Gasteiger partial charge in [0.25, 0.3) is 0 Å². The fourth-order valence-corrected chi connectivity index (χ4v) is 10.5. The molecule has 4 aromatic carbocycles. The number of benzene rings is 4. The Hall–Kier alpha value is -3.92. The Morgan fingerprint density at radius 3 is 0.900 bits per heavy atom. The van der Waals surface area contributed by atoms with Crippen LogP contribution in [-0.4, -0.2) is 20.4 Å². The average Bonchev–Trinajstić information content (AvgIpc) is 2.89. The Labute approximate surface area is 235 Å². The third-order valence-electron chi connectivity index (χ3n) is 10.6. The van der Waals surface area contributed by atoms with Crippen LogP contribution in [0.1, 0.15) is 68.2 Å². The first-order valence-electron chi connectivity index (χ1n) is 14.2. The largest absolute Gasteiger partial charge is 0.508 e. The quantitative estimate of drug-likeness (QED) is 0.217. The van der Waals surface area contributed by atoms with Crippen molar-refractivity contribution in [2.75, 3.05) is 0 Å². The van der Waals surface area contributed by atoms with Gasteiger partial charge >= 0.3 is 0 Å². The van der Waals surface area contributed by atoms with Crippen LogP contribution in [-0.2, 0) is 16.2 Å². The summed E-state index contributed by atoms with van der Waals surface area (Å²) < 4.78 is 0. The summed E-state index contributed by atoms with van der Waals surface area (Å²) in [6.45, 7) is 4.90. The highest BCUT2D eigenvalue weighted by atomic mass is 16.3. The van der Waals surface area contributed by atoms with Crippen molar-refractivity contribution in [3.8, 4) is 23.0 Å². The van der Waals surface area contributed by atoms with E-state index < -0.39 is 5.41 Å². The maximum atomic E-state index is 10.4. The van der Waals surface area contributed by atoms with Crippen LogP contribution in [0.2, 0.25) is 0 Å². The van der Waals surface area contributed by atoms with Crippen LogP contribution in [0.15, 0.2) is 97.1 Å². The van der Waals surface area contributed by atoms with E-state index >= 15 is 0 Å². The number of phenolic OH excluding ortho intramolecular Hbond substituents is 4. The van der Waals surface area contributed by atoms with Gasteiger partial charge in [0, 0.05) is 16.2 Å². The van der Waals surface area contributed by atoms with Crippen molar-refractivity contribution in [3.63, 3.8) is 0 Å². The number of hydrogen-bond acceptors (Lipinski definition) is 4. The van der Waals surface area contributed by atoms with Crippen molar-refractivity contribution < 1.29 is 20.4 Å². The molecule has 4 aliphatic rings. The van der Waals surface area contributed by atoms with E-state index in [9.17, 15) is 20.4 Å². The molecule has 4 nitrogen and oxygen atoms in total. The van der Waals surface area contributed by atoms with E-state index in [-0.39, 0.29) is 44.7 Å². The zero-order valence-electron chi connectivity index (χ0n) is 23.1. The molecule has 0 aliphatic heterocycles. The Bertz CT molecular complexity index is 1430. The Morgan fingerprint density at radius 1 is 0.375 bits per heavy atom. The molecule has 0 unspecified atom stereocenters. The summed E-state index contributed by atoms with van der Waals surface area (Å²) in [6.07, 6.45) is 5.05. The second-order valence-corrected chi connectivity index (χ2v) is 13.6. The van der Waals surface area contributed by atoms with E-state index in [0.29, 0.717) is 0 Å². The molecule has 4 N–H and O–H groups in total. The van der Waals surface area contributed by atoms with E-state index in [2.05, 4.69) is 62.4 Å². The molecular formula is C36H36O4. The summed E-state index contributed by atoms with van der Waals surface area (Å²) in [4.78, 5) is 0. The molecule has 0 radical (unpaired) electrons. The second-order valence-electron chi connectivity index (χ2n) is 13.6. The first-order valence-corrected chi connectivity index (χ1v) is 14.2. The monoisotopic (exact) mass is 532 g/mol. The summed E-state index contributed by atoms with van der Waals surface area (Å²) in [5, 5.41) is 41.5. The van der Waals surface area contributed by atoms with Crippen molar-refractivity contribution in [3.05, 3.63) is 119 Å². The van der Waals surface area contributed by atoms with Gasteiger partial charge in [-0.25, -0.2) is 0 Å². The third-order valence-corrected chi connectivity index (χ3v) is 10.6. The molecule has 0 spiro atoms. The van der Waals surface area contributed by atoms with E-state index in [0.717, 1.165) is 43.2 Å². The topological polar surface area (TPSA) is 80.9 Å². The van der Waals surface area contributed by atoms with Gasteiger partial charge in [0.15, 0.2) is 0 Å². The molecule has 4 aliphatic carbocycles. The molecule has 0 heterocycles. The summed E-state index contributed by atoms with van der Waals surface area (Å²) in [6, 6.07) is 31.2. The Balaban J connectivity index is 1.69. The van der Waals surface area contributed by atoms with Crippen LogP contribution >= 0.6 is 0 Å². The molecule has 0 amide bonds. The average molecular weight is 533 g/mol. The molecule has 0 atom stereocenters.